The second-order valence-electron chi connectivity index (χ2n) is 5.87. The van der Waals surface area contributed by atoms with Gasteiger partial charge in [-0.15, -0.1) is 24.0 Å². The highest BCUT2D eigenvalue weighted by atomic mass is 127. The molecule has 1 aromatic heterocycles. The Morgan fingerprint density at radius 3 is 2.75 bits per heavy atom. The van der Waals surface area contributed by atoms with E-state index in [1.165, 1.54) is 37.9 Å². The molecule has 20 heavy (non-hydrogen) atoms. The van der Waals surface area contributed by atoms with Crippen molar-refractivity contribution in [1.82, 2.24) is 20.0 Å². The first-order chi connectivity index (χ1) is 9.22. The van der Waals surface area contributed by atoms with Gasteiger partial charge in [-0.25, -0.2) is 0 Å². The molecule has 0 radical (unpaired) electrons. The van der Waals surface area contributed by atoms with Crippen molar-refractivity contribution in [3.63, 3.8) is 0 Å². The fourth-order valence-corrected chi connectivity index (χ4v) is 3.28. The zero-order chi connectivity index (χ0) is 13.3. The zero-order valence-corrected chi connectivity index (χ0v) is 14.6. The molecule has 1 saturated carbocycles. The number of aliphatic imine (C=N–C) groups is 1. The molecule has 1 aliphatic carbocycles. The van der Waals surface area contributed by atoms with E-state index in [1.54, 1.807) is 0 Å². The molecule has 0 aromatic carbocycles. The van der Waals surface area contributed by atoms with Crippen LogP contribution in [0, 0.1) is 5.41 Å². The molecule has 5 nitrogen and oxygen atoms in total. The molecular formula is C14H24IN5. The van der Waals surface area contributed by atoms with Gasteiger partial charge >= 0.3 is 0 Å². The third-order valence-corrected chi connectivity index (χ3v) is 4.71. The van der Waals surface area contributed by atoms with Gasteiger partial charge in [0.2, 0.25) is 0 Å². The number of nitrogens with zero attached hydrogens (tertiary/aromatic N) is 4. The van der Waals surface area contributed by atoms with Crippen LogP contribution >= 0.6 is 24.0 Å². The minimum atomic E-state index is 0. The van der Waals surface area contributed by atoms with Crippen LogP contribution in [0.1, 0.15) is 31.4 Å². The van der Waals surface area contributed by atoms with Gasteiger partial charge < -0.3 is 10.2 Å². The van der Waals surface area contributed by atoms with Crippen molar-refractivity contribution in [3.8, 4) is 0 Å². The van der Waals surface area contributed by atoms with Gasteiger partial charge in [0.05, 0.1) is 12.2 Å². The van der Waals surface area contributed by atoms with Crippen LogP contribution in [0.15, 0.2) is 17.3 Å². The van der Waals surface area contributed by atoms with Gasteiger partial charge in [0.15, 0.2) is 5.96 Å². The third-order valence-electron chi connectivity index (χ3n) is 4.71. The summed E-state index contributed by atoms with van der Waals surface area (Å²) >= 11 is 0. The molecule has 2 heterocycles. The molecule has 1 saturated heterocycles. The average molecular weight is 389 g/mol. The largest absolute Gasteiger partial charge is 0.351 e. The van der Waals surface area contributed by atoms with Crippen molar-refractivity contribution in [2.45, 2.75) is 32.2 Å². The topological polar surface area (TPSA) is 45.5 Å². The zero-order valence-electron chi connectivity index (χ0n) is 12.3. The molecule has 2 fully saturated rings. The Hall–Kier alpha value is -0.790. The van der Waals surface area contributed by atoms with E-state index >= 15 is 0 Å². The number of aromatic nitrogens is 2. The van der Waals surface area contributed by atoms with E-state index in [2.05, 4.69) is 20.3 Å². The van der Waals surface area contributed by atoms with E-state index in [4.69, 9.17) is 0 Å². The summed E-state index contributed by atoms with van der Waals surface area (Å²) in [6.07, 6.45) is 7.39. The SMILES string of the molecule is CN=C(NCc1ccnn1C)N1CCC2(CCC2)C1.I. The van der Waals surface area contributed by atoms with E-state index in [0.29, 0.717) is 5.41 Å². The number of guanidine groups is 1. The maximum Gasteiger partial charge on any atom is 0.193 e. The Morgan fingerprint density at radius 1 is 1.45 bits per heavy atom. The molecule has 0 atom stereocenters. The summed E-state index contributed by atoms with van der Waals surface area (Å²) < 4.78 is 1.90. The summed E-state index contributed by atoms with van der Waals surface area (Å²) in [5.41, 5.74) is 1.79. The first-order valence-corrected chi connectivity index (χ1v) is 7.15. The monoisotopic (exact) mass is 389 g/mol. The van der Waals surface area contributed by atoms with Crippen LogP contribution in [0.5, 0.6) is 0 Å². The first-order valence-electron chi connectivity index (χ1n) is 7.15. The molecule has 2 aliphatic rings. The Morgan fingerprint density at radius 2 is 2.25 bits per heavy atom. The highest BCUT2D eigenvalue weighted by Gasteiger charge is 2.43. The fraction of sp³-hybridized carbons (Fsp3) is 0.714. The Labute approximate surface area is 137 Å². The van der Waals surface area contributed by atoms with Crippen LogP contribution in [0.2, 0.25) is 0 Å². The van der Waals surface area contributed by atoms with Crippen molar-refractivity contribution >= 4 is 29.9 Å². The quantitative estimate of drug-likeness (QED) is 0.478. The summed E-state index contributed by atoms with van der Waals surface area (Å²) in [4.78, 5) is 6.84. The van der Waals surface area contributed by atoms with Gasteiger partial charge in [0, 0.05) is 33.4 Å². The van der Waals surface area contributed by atoms with E-state index in [1.807, 2.05) is 31.0 Å². The molecular weight excluding hydrogens is 365 g/mol. The lowest BCUT2D eigenvalue weighted by Crippen LogP contribution is -2.42. The smallest absolute Gasteiger partial charge is 0.193 e. The summed E-state index contributed by atoms with van der Waals surface area (Å²) in [7, 11) is 3.84. The molecule has 6 heteroatoms. The van der Waals surface area contributed by atoms with Gasteiger partial charge in [-0.05, 0) is 30.7 Å². The van der Waals surface area contributed by atoms with Crippen molar-refractivity contribution in [3.05, 3.63) is 18.0 Å². The highest BCUT2D eigenvalue weighted by Crippen LogP contribution is 2.47. The second kappa shape index (κ2) is 6.32. The van der Waals surface area contributed by atoms with Crippen LogP contribution in [-0.4, -0.2) is 40.8 Å². The molecule has 1 spiro atoms. The van der Waals surface area contributed by atoms with Crippen molar-refractivity contribution in [2.75, 3.05) is 20.1 Å². The highest BCUT2D eigenvalue weighted by molar-refractivity contribution is 14.0. The lowest BCUT2D eigenvalue weighted by atomic mass is 9.68. The van der Waals surface area contributed by atoms with Crippen molar-refractivity contribution in [1.29, 1.82) is 0 Å². The number of hydrogen-bond acceptors (Lipinski definition) is 2. The molecule has 1 aromatic rings. The van der Waals surface area contributed by atoms with Crippen molar-refractivity contribution in [2.24, 2.45) is 17.5 Å². The minimum absolute atomic E-state index is 0. The van der Waals surface area contributed by atoms with E-state index < -0.39 is 0 Å². The standard InChI is InChI=1S/C14H23N5.HI/c1-15-13(16-10-12-4-8-17-18(12)2)19-9-7-14(11-19)5-3-6-14;/h4,8H,3,5-7,9-11H2,1-2H3,(H,15,16);1H. The first kappa shape index (κ1) is 15.6. The van der Waals surface area contributed by atoms with Crippen LogP contribution in [0.25, 0.3) is 0 Å². The Kier molecular flexibility index (Phi) is 4.93. The van der Waals surface area contributed by atoms with Gasteiger partial charge in [0.25, 0.3) is 0 Å². The lowest BCUT2D eigenvalue weighted by Gasteiger charge is -2.38. The summed E-state index contributed by atoms with van der Waals surface area (Å²) in [5.74, 6) is 1.03. The summed E-state index contributed by atoms with van der Waals surface area (Å²) in [6, 6.07) is 2.04. The van der Waals surface area contributed by atoms with E-state index in [9.17, 15) is 0 Å². The van der Waals surface area contributed by atoms with Crippen LogP contribution in [-0.2, 0) is 13.6 Å². The molecule has 1 aliphatic heterocycles. The van der Waals surface area contributed by atoms with Crippen LogP contribution < -0.4 is 5.32 Å². The van der Waals surface area contributed by atoms with Crippen molar-refractivity contribution < 1.29 is 0 Å². The number of likely N-dealkylation sites (tertiary alicyclic amines) is 1. The molecule has 112 valence electrons. The maximum atomic E-state index is 4.42. The maximum absolute atomic E-state index is 4.42. The molecule has 3 rings (SSSR count). The normalized spacial score (nSPS) is 20.7. The van der Waals surface area contributed by atoms with Gasteiger partial charge in [-0.3, -0.25) is 9.67 Å². The third kappa shape index (κ3) is 2.94. The molecule has 0 amide bonds. The number of aryl methyl sites for hydroxylation is 1. The predicted octanol–water partition coefficient (Wildman–Crippen LogP) is 1.99. The second-order valence-corrected chi connectivity index (χ2v) is 5.87. The number of nitrogens with one attached hydrogen (secondary N) is 1. The summed E-state index contributed by atoms with van der Waals surface area (Å²) in [6.45, 7) is 3.11. The van der Waals surface area contributed by atoms with Crippen LogP contribution in [0.4, 0.5) is 0 Å². The summed E-state index contributed by atoms with van der Waals surface area (Å²) in [5, 5.41) is 7.64. The number of rotatable bonds is 2. The van der Waals surface area contributed by atoms with E-state index in [-0.39, 0.29) is 24.0 Å². The average Bonchev–Trinajstić information content (AvgIpc) is 2.97. The van der Waals surface area contributed by atoms with Gasteiger partial charge in [-0.1, -0.05) is 6.42 Å². The molecule has 1 N–H and O–H groups in total. The number of hydrogen-bond donors (Lipinski definition) is 1. The minimum Gasteiger partial charge on any atom is -0.351 e. The molecule has 0 bridgehead atoms. The number of halogens is 1. The van der Waals surface area contributed by atoms with Gasteiger partial charge in [0.1, 0.15) is 0 Å². The van der Waals surface area contributed by atoms with E-state index in [0.717, 1.165) is 19.0 Å². The molecule has 0 unspecified atom stereocenters. The van der Waals surface area contributed by atoms with Gasteiger partial charge in [-0.2, -0.15) is 5.10 Å². The van der Waals surface area contributed by atoms with Crippen LogP contribution in [0.3, 0.4) is 0 Å². The Bertz CT molecular complexity index is 478. The fourth-order valence-electron chi connectivity index (χ4n) is 3.28. The predicted molar refractivity (Wildman–Crippen MR) is 91.3 cm³/mol. The Balaban J connectivity index is 0.00000147. The lowest BCUT2D eigenvalue weighted by molar-refractivity contribution is 0.151.